The molecule has 1 unspecified atom stereocenters. The van der Waals surface area contributed by atoms with Crippen molar-refractivity contribution < 1.29 is 19.4 Å². The summed E-state index contributed by atoms with van der Waals surface area (Å²) in [5, 5.41) is 8.81. The average molecular weight is 239 g/mol. The van der Waals surface area contributed by atoms with E-state index in [9.17, 15) is 4.79 Å². The highest BCUT2D eigenvalue weighted by molar-refractivity contribution is 5.78. The zero-order valence-corrected chi connectivity index (χ0v) is 9.97. The molecule has 5 nitrogen and oxygen atoms in total. The van der Waals surface area contributed by atoms with Crippen LogP contribution in [0.4, 0.5) is 0 Å². The Bertz CT molecular complexity index is 373. The molecule has 5 heteroatoms. The monoisotopic (exact) mass is 239 g/mol. The molecule has 94 valence electrons. The second kappa shape index (κ2) is 5.54. The van der Waals surface area contributed by atoms with Gasteiger partial charge in [0.25, 0.3) is 0 Å². The van der Waals surface area contributed by atoms with Gasteiger partial charge in [-0.1, -0.05) is 0 Å². The van der Waals surface area contributed by atoms with E-state index in [1.54, 1.807) is 24.3 Å². The van der Waals surface area contributed by atoms with Gasteiger partial charge in [-0.25, -0.2) is 0 Å². The van der Waals surface area contributed by atoms with Crippen molar-refractivity contribution in [1.29, 1.82) is 0 Å². The smallest absolute Gasteiger partial charge is 0.326 e. The Labute approximate surface area is 100 Å². The predicted octanol–water partition coefficient (Wildman–Crippen LogP) is 1.27. The molecule has 0 amide bonds. The SMILES string of the molecule is CCOc1ccc(OCC(C)(N)C(=O)O)cc1. The Kier molecular flexibility index (Phi) is 4.34. The molecule has 0 heterocycles. The Balaban J connectivity index is 2.55. The van der Waals surface area contributed by atoms with E-state index in [4.69, 9.17) is 20.3 Å². The number of ether oxygens (including phenoxy) is 2. The largest absolute Gasteiger partial charge is 0.494 e. The number of carbonyl (C=O) groups is 1. The van der Waals surface area contributed by atoms with Gasteiger partial charge in [0.1, 0.15) is 23.6 Å². The molecule has 1 rings (SSSR count). The van der Waals surface area contributed by atoms with Crippen LogP contribution in [0.1, 0.15) is 13.8 Å². The summed E-state index contributed by atoms with van der Waals surface area (Å²) >= 11 is 0. The van der Waals surface area contributed by atoms with Crippen LogP contribution in [-0.2, 0) is 4.79 Å². The second-order valence-electron chi connectivity index (χ2n) is 3.92. The van der Waals surface area contributed by atoms with Gasteiger partial charge < -0.3 is 20.3 Å². The molecule has 17 heavy (non-hydrogen) atoms. The summed E-state index contributed by atoms with van der Waals surface area (Å²) in [6.07, 6.45) is 0. The Morgan fingerprint density at radius 2 is 1.76 bits per heavy atom. The van der Waals surface area contributed by atoms with E-state index in [-0.39, 0.29) is 6.61 Å². The molecule has 0 saturated carbocycles. The number of carboxylic acid groups (broad SMARTS) is 1. The maximum Gasteiger partial charge on any atom is 0.326 e. The van der Waals surface area contributed by atoms with Crippen LogP contribution >= 0.6 is 0 Å². The third-order valence-electron chi connectivity index (χ3n) is 2.16. The summed E-state index contributed by atoms with van der Waals surface area (Å²) in [5.41, 5.74) is 4.15. The van der Waals surface area contributed by atoms with Crippen molar-refractivity contribution in [3.05, 3.63) is 24.3 Å². The lowest BCUT2D eigenvalue weighted by atomic mass is 10.1. The molecule has 0 aromatic heterocycles. The van der Waals surface area contributed by atoms with Gasteiger partial charge in [-0.15, -0.1) is 0 Å². The zero-order valence-electron chi connectivity index (χ0n) is 9.97. The number of hydrogen-bond acceptors (Lipinski definition) is 4. The van der Waals surface area contributed by atoms with Crippen molar-refractivity contribution in [1.82, 2.24) is 0 Å². The van der Waals surface area contributed by atoms with E-state index in [2.05, 4.69) is 0 Å². The number of nitrogens with two attached hydrogens (primary N) is 1. The van der Waals surface area contributed by atoms with Gasteiger partial charge in [0.2, 0.25) is 0 Å². The summed E-state index contributed by atoms with van der Waals surface area (Å²) in [4.78, 5) is 10.8. The number of benzene rings is 1. The van der Waals surface area contributed by atoms with Gasteiger partial charge in [-0.2, -0.15) is 0 Å². The van der Waals surface area contributed by atoms with Gasteiger partial charge in [-0.3, -0.25) is 4.79 Å². The fourth-order valence-corrected chi connectivity index (χ4v) is 1.09. The van der Waals surface area contributed by atoms with Crippen molar-refractivity contribution in [2.24, 2.45) is 5.73 Å². The van der Waals surface area contributed by atoms with Crippen molar-refractivity contribution in [3.8, 4) is 11.5 Å². The lowest BCUT2D eigenvalue weighted by molar-refractivity contribution is -0.143. The first-order valence-corrected chi connectivity index (χ1v) is 5.33. The normalized spacial score (nSPS) is 13.8. The fraction of sp³-hybridized carbons (Fsp3) is 0.417. The molecule has 1 atom stereocenters. The molecule has 0 aliphatic carbocycles. The van der Waals surface area contributed by atoms with Gasteiger partial charge >= 0.3 is 5.97 Å². The summed E-state index contributed by atoms with van der Waals surface area (Å²) < 4.78 is 10.6. The average Bonchev–Trinajstić information content (AvgIpc) is 2.28. The zero-order chi connectivity index (χ0) is 12.9. The minimum absolute atomic E-state index is 0.0870. The first-order valence-electron chi connectivity index (χ1n) is 5.33. The third-order valence-corrected chi connectivity index (χ3v) is 2.16. The van der Waals surface area contributed by atoms with Crippen LogP contribution in [-0.4, -0.2) is 29.8 Å². The van der Waals surface area contributed by atoms with Gasteiger partial charge in [0.05, 0.1) is 6.61 Å². The van der Waals surface area contributed by atoms with E-state index in [0.29, 0.717) is 12.4 Å². The summed E-state index contributed by atoms with van der Waals surface area (Å²) in [6.45, 7) is 3.82. The van der Waals surface area contributed by atoms with E-state index < -0.39 is 11.5 Å². The van der Waals surface area contributed by atoms with E-state index >= 15 is 0 Å². The van der Waals surface area contributed by atoms with Crippen molar-refractivity contribution >= 4 is 5.97 Å². The highest BCUT2D eigenvalue weighted by Crippen LogP contribution is 2.18. The molecule has 0 aliphatic rings. The molecule has 0 aliphatic heterocycles. The standard InChI is InChI=1S/C12H17NO4/c1-3-16-9-4-6-10(7-5-9)17-8-12(2,13)11(14)15/h4-7H,3,8,13H2,1-2H3,(H,14,15). The predicted molar refractivity (Wildman–Crippen MR) is 63.3 cm³/mol. The van der Waals surface area contributed by atoms with Gasteiger partial charge in [-0.05, 0) is 38.1 Å². The number of hydrogen-bond donors (Lipinski definition) is 2. The third kappa shape index (κ3) is 3.96. The van der Waals surface area contributed by atoms with E-state index in [0.717, 1.165) is 5.75 Å². The molecule has 0 radical (unpaired) electrons. The second-order valence-corrected chi connectivity index (χ2v) is 3.92. The molecule has 1 aromatic carbocycles. The maximum absolute atomic E-state index is 10.8. The van der Waals surface area contributed by atoms with Crippen molar-refractivity contribution in [2.45, 2.75) is 19.4 Å². The quantitative estimate of drug-likeness (QED) is 0.781. The minimum Gasteiger partial charge on any atom is -0.494 e. The van der Waals surface area contributed by atoms with Gasteiger partial charge in [0, 0.05) is 0 Å². The molecule has 0 fully saturated rings. The number of aliphatic carboxylic acids is 1. The van der Waals surface area contributed by atoms with Crippen LogP contribution < -0.4 is 15.2 Å². The van der Waals surface area contributed by atoms with Crippen LogP contribution in [0.2, 0.25) is 0 Å². The fourth-order valence-electron chi connectivity index (χ4n) is 1.09. The van der Waals surface area contributed by atoms with Crippen LogP contribution in [0.15, 0.2) is 24.3 Å². The van der Waals surface area contributed by atoms with Gasteiger partial charge in [0.15, 0.2) is 0 Å². The molecular weight excluding hydrogens is 222 g/mol. The van der Waals surface area contributed by atoms with E-state index in [1.165, 1.54) is 6.92 Å². The Morgan fingerprint density at radius 1 is 1.29 bits per heavy atom. The Hall–Kier alpha value is -1.75. The molecule has 0 bridgehead atoms. The summed E-state index contributed by atoms with van der Waals surface area (Å²) in [6, 6.07) is 6.94. The van der Waals surface area contributed by atoms with Crippen molar-refractivity contribution in [3.63, 3.8) is 0 Å². The lowest BCUT2D eigenvalue weighted by Gasteiger charge is -2.19. The maximum atomic E-state index is 10.8. The van der Waals surface area contributed by atoms with Crippen LogP contribution in [0.25, 0.3) is 0 Å². The molecule has 0 saturated heterocycles. The van der Waals surface area contributed by atoms with E-state index in [1.807, 2.05) is 6.92 Å². The lowest BCUT2D eigenvalue weighted by Crippen LogP contribution is -2.49. The summed E-state index contributed by atoms with van der Waals surface area (Å²) in [7, 11) is 0. The summed E-state index contributed by atoms with van der Waals surface area (Å²) in [5.74, 6) is 0.211. The molecular formula is C12H17NO4. The van der Waals surface area contributed by atoms with Crippen LogP contribution in [0, 0.1) is 0 Å². The molecule has 3 N–H and O–H groups in total. The number of carboxylic acids is 1. The first-order chi connectivity index (χ1) is 7.95. The highest BCUT2D eigenvalue weighted by atomic mass is 16.5. The highest BCUT2D eigenvalue weighted by Gasteiger charge is 2.28. The topological polar surface area (TPSA) is 81.8 Å². The molecule has 0 spiro atoms. The molecule has 1 aromatic rings. The minimum atomic E-state index is -1.39. The number of rotatable bonds is 6. The first kappa shape index (κ1) is 13.3. The van der Waals surface area contributed by atoms with Crippen LogP contribution in [0.5, 0.6) is 11.5 Å². The Morgan fingerprint density at radius 3 is 2.18 bits per heavy atom. The van der Waals surface area contributed by atoms with Crippen molar-refractivity contribution in [2.75, 3.05) is 13.2 Å². The van der Waals surface area contributed by atoms with Crippen LogP contribution in [0.3, 0.4) is 0 Å².